The van der Waals surface area contributed by atoms with Crippen molar-refractivity contribution in [1.82, 2.24) is 24.9 Å². The van der Waals surface area contributed by atoms with Crippen molar-refractivity contribution in [3.05, 3.63) is 70.4 Å². The third kappa shape index (κ3) is 5.38. The zero-order chi connectivity index (χ0) is 22.6. The largest absolute Gasteiger partial charge is 0.446 e. The number of halogens is 1. The lowest BCUT2D eigenvalue weighted by Gasteiger charge is -2.29. The van der Waals surface area contributed by atoms with Crippen molar-refractivity contribution < 1.29 is 13.9 Å². The van der Waals surface area contributed by atoms with Gasteiger partial charge in [-0.05, 0) is 43.6 Å². The van der Waals surface area contributed by atoms with E-state index >= 15 is 0 Å². The van der Waals surface area contributed by atoms with Gasteiger partial charge in [-0.25, -0.2) is 13.9 Å². The number of anilines is 1. The fourth-order valence-electron chi connectivity index (χ4n) is 3.56. The van der Waals surface area contributed by atoms with Gasteiger partial charge in [-0.15, -0.1) is 0 Å². The van der Waals surface area contributed by atoms with E-state index in [0.717, 1.165) is 11.3 Å². The highest BCUT2D eigenvalue weighted by atomic mass is 19.1. The molecule has 10 heteroatoms. The number of benzene rings is 1. The molecule has 1 amide bonds. The monoisotopic (exact) mass is 440 g/mol. The van der Waals surface area contributed by atoms with Gasteiger partial charge in [-0.3, -0.25) is 14.8 Å². The van der Waals surface area contributed by atoms with Crippen molar-refractivity contribution in [2.24, 2.45) is 7.05 Å². The summed E-state index contributed by atoms with van der Waals surface area (Å²) in [6.07, 6.45) is 5.25. The summed E-state index contributed by atoms with van der Waals surface area (Å²) in [7, 11) is 1.80. The number of alkyl halides is 1. The Kier molecular flexibility index (Phi) is 6.31. The molecule has 0 unspecified atom stereocenters. The quantitative estimate of drug-likeness (QED) is 0.609. The molecule has 1 saturated heterocycles. The Morgan fingerprint density at radius 1 is 1.31 bits per heavy atom. The predicted octanol–water partition coefficient (Wildman–Crippen LogP) is 2.20. The van der Waals surface area contributed by atoms with Crippen LogP contribution in [0.2, 0.25) is 0 Å². The molecule has 2 N–H and O–H groups in total. The average Bonchev–Trinajstić information content (AvgIpc) is 3.21. The van der Waals surface area contributed by atoms with E-state index in [2.05, 4.69) is 20.8 Å². The van der Waals surface area contributed by atoms with E-state index in [0.29, 0.717) is 37.3 Å². The molecule has 0 saturated carbocycles. The first-order chi connectivity index (χ1) is 15.4. The van der Waals surface area contributed by atoms with E-state index in [-0.39, 0.29) is 18.5 Å². The summed E-state index contributed by atoms with van der Waals surface area (Å²) < 4.78 is 22.9. The number of nitrogens with one attached hydrogen (secondary N) is 2. The lowest BCUT2D eigenvalue weighted by atomic mass is 9.96. The normalized spacial score (nSPS) is 15.3. The number of rotatable bonds is 6. The van der Waals surface area contributed by atoms with Crippen LogP contribution in [-0.2, 0) is 18.2 Å². The van der Waals surface area contributed by atoms with Gasteiger partial charge < -0.3 is 10.1 Å². The number of hydrogen-bond acceptors (Lipinski definition) is 6. The lowest BCUT2D eigenvalue weighted by molar-refractivity contribution is 0.0316. The molecule has 2 aromatic heterocycles. The van der Waals surface area contributed by atoms with E-state index in [1.807, 2.05) is 6.07 Å². The van der Waals surface area contributed by atoms with Gasteiger partial charge in [-0.2, -0.15) is 10.2 Å². The number of nitrogens with zero attached hydrogens (tertiary/aromatic N) is 4. The van der Waals surface area contributed by atoms with Gasteiger partial charge in [0, 0.05) is 31.4 Å². The van der Waals surface area contributed by atoms with Crippen molar-refractivity contribution in [3.8, 4) is 5.69 Å². The fraction of sp³-hybridized carbons (Fsp3) is 0.364. The summed E-state index contributed by atoms with van der Waals surface area (Å²) in [5, 5.41) is 14.2. The van der Waals surface area contributed by atoms with Gasteiger partial charge in [0.2, 0.25) is 5.43 Å². The summed E-state index contributed by atoms with van der Waals surface area (Å²) in [6, 6.07) is 8.50. The summed E-state index contributed by atoms with van der Waals surface area (Å²) >= 11 is 0. The van der Waals surface area contributed by atoms with Crippen LogP contribution in [0, 0.1) is 0 Å². The molecule has 1 aliphatic rings. The predicted molar refractivity (Wildman–Crippen MR) is 117 cm³/mol. The number of piperidine rings is 1. The van der Waals surface area contributed by atoms with Crippen molar-refractivity contribution in [1.29, 1.82) is 0 Å². The summed E-state index contributed by atoms with van der Waals surface area (Å²) in [6.45, 7) is 0.862. The van der Waals surface area contributed by atoms with Crippen LogP contribution < -0.4 is 16.1 Å². The molecule has 0 aliphatic carbocycles. The molecule has 0 bridgehead atoms. The van der Waals surface area contributed by atoms with Crippen molar-refractivity contribution in [3.63, 3.8) is 0 Å². The van der Waals surface area contributed by atoms with Crippen molar-refractivity contribution in [2.45, 2.75) is 24.9 Å². The molecule has 3 heterocycles. The standard InChI is InChI=1S/C22H25FN6O3/c1-28-14-18(13-25-28)29-10-5-20(30)19(27-29)12-16-3-2-4-17(11-16)26-21(31)32-15-22(23)6-8-24-9-7-22/h2-5,10-11,13-14,24H,6-9,12,15H2,1H3,(H,26,31). The maximum Gasteiger partial charge on any atom is 0.411 e. The first kappa shape index (κ1) is 21.7. The van der Waals surface area contributed by atoms with Gasteiger partial charge in [0.05, 0.1) is 12.4 Å². The Morgan fingerprint density at radius 2 is 2.12 bits per heavy atom. The van der Waals surface area contributed by atoms with Crippen LogP contribution in [0.15, 0.2) is 53.7 Å². The SMILES string of the molecule is Cn1cc(-n2ccc(=O)c(Cc3cccc(NC(=O)OCC4(F)CCNCC4)c3)n2)cn1. The van der Waals surface area contributed by atoms with Gasteiger partial charge in [-0.1, -0.05) is 12.1 Å². The van der Waals surface area contributed by atoms with Crippen LogP contribution in [0.25, 0.3) is 5.69 Å². The molecule has 3 aromatic rings. The molecule has 168 valence electrons. The van der Waals surface area contributed by atoms with Gasteiger partial charge >= 0.3 is 6.09 Å². The van der Waals surface area contributed by atoms with Crippen LogP contribution >= 0.6 is 0 Å². The number of ether oxygens (including phenoxy) is 1. The highest BCUT2D eigenvalue weighted by Crippen LogP contribution is 2.23. The molecule has 4 rings (SSSR count). The van der Waals surface area contributed by atoms with E-state index < -0.39 is 11.8 Å². The molecule has 1 aliphatic heterocycles. The van der Waals surface area contributed by atoms with E-state index in [1.165, 1.54) is 6.07 Å². The van der Waals surface area contributed by atoms with Crippen LogP contribution in [0.1, 0.15) is 24.1 Å². The smallest absolute Gasteiger partial charge is 0.411 e. The average molecular weight is 440 g/mol. The van der Waals surface area contributed by atoms with Crippen molar-refractivity contribution in [2.75, 3.05) is 25.0 Å². The molecular weight excluding hydrogens is 415 g/mol. The Morgan fingerprint density at radius 3 is 2.88 bits per heavy atom. The molecular formula is C22H25FN6O3. The Bertz CT molecular complexity index is 1150. The number of carbonyl (C=O) groups excluding carboxylic acids is 1. The fourth-order valence-corrected chi connectivity index (χ4v) is 3.56. The zero-order valence-electron chi connectivity index (χ0n) is 17.8. The molecule has 0 spiro atoms. The third-order valence-corrected chi connectivity index (χ3v) is 5.34. The van der Waals surface area contributed by atoms with Crippen molar-refractivity contribution >= 4 is 11.8 Å². The second kappa shape index (κ2) is 9.31. The minimum atomic E-state index is -1.49. The minimum absolute atomic E-state index is 0.182. The minimum Gasteiger partial charge on any atom is -0.446 e. The maximum absolute atomic E-state index is 14.6. The number of hydrogen-bond donors (Lipinski definition) is 2. The first-order valence-electron chi connectivity index (χ1n) is 10.4. The molecule has 0 atom stereocenters. The van der Waals surface area contributed by atoms with Gasteiger partial charge in [0.25, 0.3) is 0 Å². The van der Waals surface area contributed by atoms with Gasteiger partial charge in [0.1, 0.15) is 23.7 Å². The Hall–Kier alpha value is -3.53. The highest BCUT2D eigenvalue weighted by Gasteiger charge is 2.33. The van der Waals surface area contributed by atoms with Crippen LogP contribution in [0.3, 0.4) is 0 Å². The third-order valence-electron chi connectivity index (χ3n) is 5.34. The Balaban J connectivity index is 1.41. The number of aromatic nitrogens is 4. The lowest BCUT2D eigenvalue weighted by Crippen LogP contribution is -2.42. The van der Waals surface area contributed by atoms with Crippen LogP contribution in [0.5, 0.6) is 0 Å². The zero-order valence-corrected chi connectivity index (χ0v) is 17.8. The molecule has 32 heavy (non-hydrogen) atoms. The second-order valence-electron chi connectivity index (χ2n) is 7.92. The molecule has 1 aromatic carbocycles. The summed E-state index contributed by atoms with van der Waals surface area (Å²) in [5.41, 5.74) is 0.717. The van der Waals surface area contributed by atoms with E-state index in [1.54, 1.807) is 53.2 Å². The van der Waals surface area contributed by atoms with Crippen LogP contribution in [-0.4, -0.2) is 51.0 Å². The maximum atomic E-state index is 14.6. The number of amides is 1. The summed E-state index contributed by atoms with van der Waals surface area (Å²) in [5.74, 6) is 0. The van der Waals surface area contributed by atoms with Crippen LogP contribution in [0.4, 0.5) is 14.9 Å². The number of carbonyl (C=O) groups is 1. The first-order valence-corrected chi connectivity index (χ1v) is 10.4. The molecule has 1 fully saturated rings. The highest BCUT2D eigenvalue weighted by molar-refractivity contribution is 5.84. The summed E-state index contributed by atoms with van der Waals surface area (Å²) in [4.78, 5) is 24.4. The Labute approximate surface area is 184 Å². The van der Waals surface area contributed by atoms with Gasteiger partial charge in [0.15, 0.2) is 0 Å². The second-order valence-corrected chi connectivity index (χ2v) is 7.92. The molecule has 9 nitrogen and oxygen atoms in total. The van der Waals surface area contributed by atoms with E-state index in [9.17, 15) is 14.0 Å². The van der Waals surface area contributed by atoms with E-state index in [4.69, 9.17) is 4.74 Å². The molecule has 0 radical (unpaired) electrons. The number of aryl methyl sites for hydroxylation is 1. The topological polar surface area (TPSA) is 103 Å².